The maximum Gasteiger partial charge on any atom is 0.233 e. The Hall–Kier alpha value is -1.42. The fourth-order valence-corrected chi connectivity index (χ4v) is 4.30. The standard InChI is InChI=1S/C18H25FN2O/c1-13-10-14(11-20)12-21(13)17(22)18(8-4-5-9-18)15-6-2-3-7-16(15)19/h2-3,6-7,13-14H,4-5,8-12,20H2,1H3. The van der Waals surface area contributed by atoms with Gasteiger partial charge in [-0.15, -0.1) is 0 Å². The second kappa shape index (κ2) is 5.99. The Balaban J connectivity index is 1.95. The van der Waals surface area contributed by atoms with E-state index in [4.69, 9.17) is 5.73 Å². The summed E-state index contributed by atoms with van der Waals surface area (Å²) in [6.07, 6.45) is 4.44. The van der Waals surface area contributed by atoms with Gasteiger partial charge >= 0.3 is 0 Å². The van der Waals surface area contributed by atoms with Crippen molar-refractivity contribution in [3.8, 4) is 0 Å². The molecule has 2 fully saturated rings. The number of nitrogens with zero attached hydrogens (tertiary/aromatic N) is 1. The second-order valence-electron chi connectivity index (χ2n) is 6.91. The number of halogens is 1. The van der Waals surface area contributed by atoms with Crippen LogP contribution in [0, 0.1) is 11.7 Å². The van der Waals surface area contributed by atoms with Crippen molar-refractivity contribution >= 4 is 5.91 Å². The van der Waals surface area contributed by atoms with Gasteiger partial charge in [-0.1, -0.05) is 31.0 Å². The molecule has 1 amide bonds. The molecule has 2 N–H and O–H groups in total. The van der Waals surface area contributed by atoms with Crippen LogP contribution < -0.4 is 5.73 Å². The van der Waals surface area contributed by atoms with E-state index >= 15 is 0 Å². The van der Waals surface area contributed by atoms with Gasteiger partial charge in [-0.05, 0) is 44.7 Å². The van der Waals surface area contributed by atoms with Crippen LogP contribution in [0.1, 0.15) is 44.6 Å². The number of hydrogen-bond acceptors (Lipinski definition) is 2. The molecular formula is C18H25FN2O. The Bertz CT molecular complexity index is 554. The summed E-state index contributed by atoms with van der Waals surface area (Å²) in [4.78, 5) is 15.3. The number of amides is 1. The van der Waals surface area contributed by atoms with Crippen LogP contribution in [0.2, 0.25) is 0 Å². The largest absolute Gasteiger partial charge is 0.339 e. The number of benzene rings is 1. The van der Waals surface area contributed by atoms with Gasteiger partial charge in [0.2, 0.25) is 5.91 Å². The van der Waals surface area contributed by atoms with Gasteiger partial charge < -0.3 is 10.6 Å². The van der Waals surface area contributed by atoms with E-state index < -0.39 is 5.41 Å². The van der Waals surface area contributed by atoms with Crippen molar-refractivity contribution in [1.29, 1.82) is 0 Å². The van der Waals surface area contributed by atoms with Crippen LogP contribution in [0.4, 0.5) is 4.39 Å². The zero-order valence-electron chi connectivity index (χ0n) is 13.2. The van der Waals surface area contributed by atoms with Gasteiger partial charge in [0.05, 0.1) is 5.41 Å². The highest BCUT2D eigenvalue weighted by Gasteiger charge is 2.48. The van der Waals surface area contributed by atoms with Crippen LogP contribution in [-0.2, 0) is 10.2 Å². The molecule has 3 nitrogen and oxygen atoms in total. The third-order valence-electron chi connectivity index (χ3n) is 5.51. The summed E-state index contributed by atoms with van der Waals surface area (Å²) in [6, 6.07) is 6.99. The molecule has 0 aromatic heterocycles. The van der Waals surface area contributed by atoms with Crippen LogP contribution in [0.5, 0.6) is 0 Å². The summed E-state index contributed by atoms with van der Waals surface area (Å²) in [5.41, 5.74) is 5.70. The third-order valence-corrected chi connectivity index (χ3v) is 5.51. The summed E-state index contributed by atoms with van der Waals surface area (Å²) in [7, 11) is 0. The van der Waals surface area contributed by atoms with Gasteiger partial charge in [0, 0.05) is 18.2 Å². The molecule has 1 saturated carbocycles. The highest BCUT2D eigenvalue weighted by Crippen LogP contribution is 2.44. The fraction of sp³-hybridized carbons (Fsp3) is 0.611. The van der Waals surface area contributed by atoms with Crippen molar-refractivity contribution < 1.29 is 9.18 Å². The zero-order chi connectivity index (χ0) is 15.7. The van der Waals surface area contributed by atoms with Gasteiger partial charge in [-0.25, -0.2) is 4.39 Å². The van der Waals surface area contributed by atoms with Crippen molar-refractivity contribution in [3.63, 3.8) is 0 Å². The van der Waals surface area contributed by atoms with Gasteiger partial charge in [-0.3, -0.25) is 4.79 Å². The maximum absolute atomic E-state index is 14.4. The number of likely N-dealkylation sites (tertiary alicyclic amines) is 1. The van der Waals surface area contributed by atoms with Gasteiger partial charge in [-0.2, -0.15) is 0 Å². The lowest BCUT2D eigenvalue weighted by atomic mass is 9.77. The van der Waals surface area contributed by atoms with E-state index in [2.05, 4.69) is 6.92 Å². The van der Waals surface area contributed by atoms with Crippen molar-refractivity contribution in [3.05, 3.63) is 35.6 Å². The fourth-order valence-electron chi connectivity index (χ4n) is 4.30. The van der Waals surface area contributed by atoms with Gasteiger partial charge in [0.25, 0.3) is 0 Å². The molecule has 1 aliphatic heterocycles. The summed E-state index contributed by atoms with van der Waals surface area (Å²) in [5, 5.41) is 0. The molecule has 0 radical (unpaired) electrons. The van der Waals surface area contributed by atoms with Crippen LogP contribution >= 0.6 is 0 Å². The molecule has 22 heavy (non-hydrogen) atoms. The van der Waals surface area contributed by atoms with E-state index in [1.165, 1.54) is 6.07 Å². The van der Waals surface area contributed by atoms with Crippen molar-refractivity contribution in [2.75, 3.05) is 13.1 Å². The van der Waals surface area contributed by atoms with E-state index in [0.717, 1.165) is 32.1 Å². The van der Waals surface area contributed by atoms with Crippen LogP contribution in [0.15, 0.2) is 24.3 Å². The van der Waals surface area contributed by atoms with Crippen LogP contribution in [0.25, 0.3) is 0 Å². The quantitative estimate of drug-likeness (QED) is 0.933. The van der Waals surface area contributed by atoms with Crippen LogP contribution in [0.3, 0.4) is 0 Å². The molecule has 1 aromatic rings. The maximum atomic E-state index is 14.4. The second-order valence-corrected chi connectivity index (χ2v) is 6.91. The van der Waals surface area contributed by atoms with E-state index in [1.54, 1.807) is 12.1 Å². The molecule has 1 aromatic carbocycles. The average Bonchev–Trinajstić information content (AvgIpc) is 3.14. The van der Waals surface area contributed by atoms with Gasteiger partial charge in [0.1, 0.15) is 5.82 Å². The molecule has 2 unspecified atom stereocenters. The minimum atomic E-state index is -0.664. The van der Waals surface area contributed by atoms with E-state index in [1.807, 2.05) is 11.0 Å². The molecule has 1 heterocycles. The molecule has 1 aliphatic carbocycles. The number of nitrogens with two attached hydrogens (primary N) is 1. The molecule has 0 bridgehead atoms. The summed E-state index contributed by atoms with van der Waals surface area (Å²) < 4.78 is 14.4. The predicted molar refractivity (Wildman–Crippen MR) is 84.9 cm³/mol. The number of rotatable bonds is 3. The minimum Gasteiger partial charge on any atom is -0.339 e. The Labute approximate surface area is 131 Å². The molecule has 0 spiro atoms. The van der Waals surface area contributed by atoms with Crippen LogP contribution in [-0.4, -0.2) is 29.9 Å². The lowest BCUT2D eigenvalue weighted by Gasteiger charge is -2.35. The summed E-state index contributed by atoms with van der Waals surface area (Å²) in [6.45, 7) is 3.41. The topological polar surface area (TPSA) is 46.3 Å². The van der Waals surface area contributed by atoms with E-state index in [0.29, 0.717) is 24.6 Å². The highest BCUT2D eigenvalue weighted by atomic mass is 19.1. The monoisotopic (exact) mass is 304 g/mol. The molecule has 2 atom stereocenters. The smallest absolute Gasteiger partial charge is 0.233 e. The predicted octanol–water partition coefficient (Wildman–Crippen LogP) is 2.83. The van der Waals surface area contributed by atoms with E-state index in [9.17, 15) is 9.18 Å². The highest BCUT2D eigenvalue weighted by molar-refractivity contribution is 5.89. The lowest BCUT2D eigenvalue weighted by Crippen LogP contribution is -2.47. The van der Waals surface area contributed by atoms with Crippen molar-refractivity contribution in [2.24, 2.45) is 11.7 Å². The first-order valence-electron chi connectivity index (χ1n) is 8.34. The molecule has 3 rings (SSSR count). The summed E-state index contributed by atoms with van der Waals surface area (Å²) >= 11 is 0. The number of carbonyl (C=O) groups excluding carboxylic acids is 1. The van der Waals surface area contributed by atoms with Crippen molar-refractivity contribution in [2.45, 2.75) is 50.5 Å². The first-order chi connectivity index (χ1) is 10.6. The Kier molecular flexibility index (Phi) is 4.22. The zero-order valence-corrected chi connectivity index (χ0v) is 13.2. The summed E-state index contributed by atoms with van der Waals surface area (Å²) in [5.74, 6) is 0.233. The molecule has 2 aliphatic rings. The number of hydrogen-bond donors (Lipinski definition) is 1. The Morgan fingerprint density at radius 3 is 2.64 bits per heavy atom. The average molecular weight is 304 g/mol. The van der Waals surface area contributed by atoms with Gasteiger partial charge in [0.15, 0.2) is 0 Å². The Morgan fingerprint density at radius 1 is 1.36 bits per heavy atom. The molecule has 1 saturated heterocycles. The molecular weight excluding hydrogens is 279 g/mol. The molecule has 120 valence electrons. The first-order valence-corrected chi connectivity index (χ1v) is 8.34. The molecule has 4 heteroatoms. The normalized spacial score (nSPS) is 27.3. The SMILES string of the molecule is CC1CC(CN)CN1C(=O)C1(c2ccccc2F)CCCC1. The lowest BCUT2D eigenvalue weighted by molar-refractivity contribution is -0.138. The van der Waals surface area contributed by atoms with E-state index in [-0.39, 0.29) is 17.8 Å². The number of carbonyl (C=O) groups is 1. The Morgan fingerprint density at radius 2 is 2.05 bits per heavy atom. The minimum absolute atomic E-state index is 0.110. The third kappa shape index (κ3) is 2.43. The van der Waals surface area contributed by atoms with Crippen molar-refractivity contribution in [1.82, 2.24) is 4.90 Å². The first kappa shape index (κ1) is 15.5.